The van der Waals surface area contributed by atoms with E-state index in [1.165, 1.54) is 0 Å². The third-order valence-electron chi connectivity index (χ3n) is 2.80. The van der Waals surface area contributed by atoms with E-state index in [0.717, 1.165) is 11.0 Å². The zero-order valence-electron chi connectivity index (χ0n) is 10.1. The molecule has 0 unspecified atom stereocenters. The Hall–Kier alpha value is -2.20. The number of anilines is 1. The molecule has 0 atom stereocenters. The molecule has 0 bridgehead atoms. The lowest BCUT2D eigenvalue weighted by Crippen LogP contribution is -1.99. The molecule has 2 aromatic carbocycles. The van der Waals surface area contributed by atoms with Gasteiger partial charge in [-0.25, -0.2) is 4.98 Å². The van der Waals surface area contributed by atoms with E-state index in [0.29, 0.717) is 28.9 Å². The Morgan fingerprint density at radius 1 is 1.16 bits per heavy atom. The molecule has 0 amide bonds. The van der Waals surface area contributed by atoms with Crippen LogP contribution in [0.25, 0.3) is 11.0 Å². The van der Waals surface area contributed by atoms with Crippen molar-refractivity contribution in [2.24, 2.45) is 0 Å². The molecule has 0 spiro atoms. The van der Waals surface area contributed by atoms with E-state index in [9.17, 15) is 0 Å². The van der Waals surface area contributed by atoms with Gasteiger partial charge in [0, 0.05) is 0 Å². The van der Waals surface area contributed by atoms with Gasteiger partial charge < -0.3 is 15.5 Å². The maximum absolute atomic E-state index is 6.07. The standard InChI is InChI=1S/C14H12ClN3O/c15-9-4-3-6-11-14(9)18-13(17-11)8-19-12-7-2-1-5-10(12)16/h1-7H,8,16H2,(H,17,18). The van der Waals surface area contributed by atoms with E-state index >= 15 is 0 Å². The number of ether oxygens (including phenoxy) is 1. The third kappa shape index (κ3) is 2.35. The van der Waals surface area contributed by atoms with Gasteiger partial charge in [0.05, 0.1) is 16.2 Å². The Kier molecular flexibility index (Phi) is 3.01. The molecule has 5 heteroatoms. The minimum absolute atomic E-state index is 0.319. The van der Waals surface area contributed by atoms with Gasteiger partial charge in [-0.2, -0.15) is 0 Å². The number of halogens is 1. The molecule has 3 aromatic rings. The summed E-state index contributed by atoms with van der Waals surface area (Å²) in [6.45, 7) is 0.319. The number of rotatable bonds is 3. The number of nitrogen functional groups attached to an aromatic ring is 1. The van der Waals surface area contributed by atoms with E-state index in [1.54, 1.807) is 6.07 Å². The Balaban J connectivity index is 1.83. The first-order chi connectivity index (χ1) is 9.24. The fourth-order valence-corrected chi connectivity index (χ4v) is 2.09. The summed E-state index contributed by atoms with van der Waals surface area (Å²) in [5.74, 6) is 1.36. The number of aromatic nitrogens is 2. The first-order valence-electron chi connectivity index (χ1n) is 5.84. The first-order valence-corrected chi connectivity index (χ1v) is 6.22. The van der Waals surface area contributed by atoms with Gasteiger partial charge in [0.25, 0.3) is 0 Å². The van der Waals surface area contributed by atoms with Gasteiger partial charge in [-0.3, -0.25) is 0 Å². The molecule has 0 fully saturated rings. The van der Waals surface area contributed by atoms with Gasteiger partial charge >= 0.3 is 0 Å². The summed E-state index contributed by atoms with van der Waals surface area (Å²) in [7, 11) is 0. The van der Waals surface area contributed by atoms with Gasteiger partial charge in [-0.1, -0.05) is 29.8 Å². The molecule has 3 N–H and O–H groups in total. The van der Waals surface area contributed by atoms with Crippen LogP contribution in [0.4, 0.5) is 5.69 Å². The number of nitrogens with one attached hydrogen (secondary N) is 1. The van der Waals surface area contributed by atoms with Crippen LogP contribution in [0.2, 0.25) is 5.02 Å². The van der Waals surface area contributed by atoms with Crippen LogP contribution in [0.3, 0.4) is 0 Å². The summed E-state index contributed by atoms with van der Waals surface area (Å²) in [4.78, 5) is 7.57. The Bertz CT molecular complexity index is 724. The lowest BCUT2D eigenvalue weighted by molar-refractivity contribution is 0.299. The number of hydrogen-bond acceptors (Lipinski definition) is 3. The zero-order valence-corrected chi connectivity index (χ0v) is 10.8. The summed E-state index contributed by atoms with van der Waals surface area (Å²) in [5.41, 5.74) is 8.06. The van der Waals surface area contributed by atoms with Gasteiger partial charge in [0.15, 0.2) is 0 Å². The maximum Gasteiger partial charge on any atom is 0.146 e. The van der Waals surface area contributed by atoms with Crippen molar-refractivity contribution in [3.8, 4) is 5.75 Å². The molecule has 0 aliphatic rings. The van der Waals surface area contributed by atoms with Gasteiger partial charge in [-0.15, -0.1) is 0 Å². The van der Waals surface area contributed by atoms with Crippen molar-refractivity contribution in [2.45, 2.75) is 6.61 Å². The summed E-state index contributed by atoms with van der Waals surface area (Å²) >= 11 is 6.07. The number of hydrogen-bond donors (Lipinski definition) is 2. The predicted octanol–water partition coefficient (Wildman–Crippen LogP) is 3.38. The largest absolute Gasteiger partial charge is 0.484 e. The highest BCUT2D eigenvalue weighted by Crippen LogP contribution is 2.23. The van der Waals surface area contributed by atoms with Gasteiger partial charge in [0.2, 0.25) is 0 Å². The highest BCUT2D eigenvalue weighted by Gasteiger charge is 2.07. The van der Waals surface area contributed by atoms with Gasteiger partial charge in [-0.05, 0) is 24.3 Å². The van der Waals surface area contributed by atoms with Crippen molar-refractivity contribution in [1.29, 1.82) is 0 Å². The highest BCUT2D eigenvalue weighted by atomic mass is 35.5. The summed E-state index contributed by atoms with van der Waals surface area (Å²) in [5, 5.41) is 0.624. The second kappa shape index (κ2) is 4.82. The average molecular weight is 274 g/mol. The van der Waals surface area contributed by atoms with Crippen molar-refractivity contribution < 1.29 is 4.74 Å². The van der Waals surface area contributed by atoms with E-state index in [-0.39, 0.29) is 0 Å². The molecule has 0 aliphatic heterocycles. The molecule has 1 heterocycles. The molecule has 1 aromatic heterocycles. The minimum Gasteiger partial charge on any atom is -0.484 e. The normalized spacial score (nSPS) is 10.8. The lowest BCUT2D eigenvalue weighted by Gasteiger charge is -2.06. The topological polar surface area (TPSA) is 63.9 Å². The smallest absolute Gasteiger partial charge is 0.146 e. The second-order valence-corrected chi connectivity index (χ2v) is 4.55. The first kappa shape index (κ1) is 11.9. The molecule has 3 rings (SSSR count). The number of fused-ring (bicyclic) bond motifs is 1. The van der Waals surface area contributed by atoms with Crippen molar-refractivity contribution in [3.63, 3.8) is 0 Å². The number of para-hydroxylation sites is 3. The second-order valence-electron chi connectivity index (χ2n) is 4.15. The lowest BCUT2D eigenvalue weighted by atomic mass is 10.3. The van der Waals surface area contributed by atoms with Gasteiger partial charge in [0.1, 0.15) is 23.7 Å². The van der Waals surface area contributed by atoms with Crippen LogP contribution >= 0.6 is 11.6 Å². The van der Waals surface area contributed by atoms with E-state index in [2.05, 4.69) is 9.97 Å². The Labute approximate surface area is 115 Å². The molecule has 0 aliphatic carbocycles. The van der Waals surface area contributed by atoms with Crippen LogP contribution in [-0.2, 0) is 6.61 Å². The molecule has 96 valence electrons. The van der Waals surface area contributed by atoms with E-state index < -0.39 is 0 Å². The van der Waals surface area contributed by atoms with Crippen LogP contribution < -0.4 is 10.5 Å². The fraction of sp³-hybridized carbons (Fsp3) is 0.0714. The molecule has 0 radical (unpaired) electrons. The number of aromatic amines is 1. The number of H-pyrrole nitrogens is 1. The number of benzene rings is 2. The third-order valence-corrected chi connectivity index (χ3v) is 3.10. The molecule has 19 heavy (non-hydrogen) atoms. The SMILES string of the molecule is Nc1ccccc1OCc1nc2c(Cl)cccc2[nH]1. The average Bonchev–Trinajstić information content (AvgIpc) is 2.82. The summed E-state index contributed by atoms with van der Waals surface area (Å²) in [6, 6.07) is 13.0. The summed E-state index contributed by atoms with van der Waals surface area (Å²) in [6.07, 6.45) is 0. The van der Waals surface area contributed by atoms with E-state index in [1.807, 2.05) is 36.4 Å². The van der Waals surface area contributed by atoms with Crippen LogP contribution in [0, 0.1) is 0 Å². The predicted molar refractivity (Wildman–Crippen MR) is 76.3 cm³/mol. The fourth-order valence-electron chi connectivity index (χ4n) is 1.87. The van der Waals surface area contributed by atoms with Crippen LogP contribution in [0.5, 0.6) is 5.75 Å². The molecular formula is C14H12ClN3O. The Morgan fingerprint density at radius 3 is 2.79 bits per heavy atom. The monoisotopic (exact) mass is 273 g/mol. The van der Waals surface area contributed by atoms with Crippen LogP contribution in [0.1, 0.15) is 5.82 Å². The van der Waals surface area contributed by atoms with Crippen LogP contribution in [-0.4, -0.2) is 9.97 Å². The number of nitrogens with two attached hydrogens (primary N) is 1. The van der Waals surface area contributed by atoms with Crippen molar-refractivity contribution >= 4 is 28.3 Å². The van der Waals surface area contributed by atoms with Crippen molar-refractivity contribution in [1.82, 2.24) is 9.97 Å². The van der Waals surface area contributed by atoms with Crippen molar-refractivity contribution in [3.05, 3.63) is 53.3 Å². The Morgan fingerprint density at radius 2 is 2.00 bits per heavy atom. The minimum atomic E-state index is 0.319. The summed E-state index contributed by atoms with van der Waals surface area (Å²) < 4.78 is 5.63. The molecule has 0 saturated heterocycles. The van der Waals surface area contributed by atoms with E-state index in [4.69, 9.17) is 22.1 Å². The number of imidazole rings is 1. The molecule has 4 nitrogen and oxygen atoms in total. The number of nitrogens with zero attached hydrogens (tertiary/aromatic N) is 1. The molecular weight excluding hydrogens is 262 g/mol. The maximum atomic E-state index is 6.07. The van der Waals surface area contributed by atoms with Crippen LogP contribution in [0.15, 0.2) is 42.5 Å². The molecule has 0 saturated carbocycles. The van der Waals surface area contributed by atoms with Crippen molar-refractivity contribution in [2.75, 3.05) is 5.73 Å². The quantitative estimate of drug-likeness (QED) is 0.719. The zero-order chi connectivity index (χ0) is 13.2. The highest BCUT2D eigenvalue weighted by molar-refractivity contribution is 6.34.